The Balaban J connectivity index is 1.93. The average Bonchev–Trinajstić information content (AvgIpc) is 2.84. The van der Waals surface area contributed by atoms with Crippen LogP contribution in [0.3, 0.4) is 0 Å². The SMILES string of the molecule is CN(Cc1ccc(Nc2n[nH]c(N)n2)cc1)C(=O)OC(C)(C)C. The molecular weight excluding hydrogens is 296 g/mol. The van der Waals surface area contributed by atoms with Gasteiger partial charge in [0.25, 0.3) is 0 Å². The molecule has 1 aromatic carbocycles. The molecule has 0 spiro atoms. The predicted octanol–water partition coefficient (Wildman–Crippen LogP) is 2.50. The molecule has 8 nitrogen and oxygen atoms in total. The number of nitrogens with one attached hydrogen (secondary N) is 2. The number of aromatic nitrogens is 3. The van der Waals surface area contributed by atoms with Crippen molar-refractivity contribution in [1.29, 1.82) is 0 Å². The van der Waals surface area contributed by atoms with E-state index in [1.165, 1.54) is 4.90 Å². The Bertz CT molecular complexity index is 659. The zero-order chi connectivity index (χ0) is 17.0. The highest BCUT2D eigenvalue weighted by molar-refractivity contribution is 5.67. The van der Waals surface area contributed by atoms with Crippen LogP contribution in [-0.4, -0.2) is 38.8 Å². The molecule has 4 N–H and O–H groups in total. The van der Waals surface area contributed by atoms with Gasteiger partial charge in [-0.25, -0.2) is 9.89 Å². The molecule has 1 aromatic heterocycles. The molecule has 0 saturated heterocycles. The number of H-pyrrole nitrogens is 1. The molecule has 0 aliphatic carbocycles. The summed E-state index contributed by atoms with van der Waals surface area (Å²) in [4.78, 5) is 17.4. The molecule has 0 radical (unpaired) electrons. The number of benzene rings is 1. The van der Waals surface area contributed by atoms with E-state index in [4.69, 9.17) is 10.5 Å². The normalized spacial score (nSPS) is 11.1. The van der Waals surface area contributed by atoms with E-state index in [2.05, 4.69) is 20.5 Å². The van der Waals surface area contributed by atoms with Crippen molar-refractivity contribution in [3.63, 3.8) is 0 Å². The van der Waals surface area contributed by atoms with Gasteiger partial charge in [-0.2, -0.15) is 4.98 Å². The van der Waals surface area contributed by atoms with Crippen LogP contribution in [-0.2, 0) is 11.3 Å². The highest BCUT2D eigenvalue weighted by atomic mass is 16.6. The second-order valence-electron chi connectivity index (χ2n) is 6.20. The fourth-order valence-electron chi connectivity index (χ4n) is 1.83. The first-order valence-corrected chi connectivity index (χ1v) is 7.21. The largest absolute Gasteiger partial charge is 0.444 e. The third kappa shape index (κ3) is 5.17. The minimum Gasteiger partial charge on any atom is -0.444 e. The summed E-state index contributed by atoms with van der Waals surface area (Å²) < 4.78 is 5.32. The minimum atomic E-state index is -0.502. The summed E-state index contributed by atoms with van der Waals surface area (Å²) in [6.07, 6.45) is -0.351. The van der Waals surface area contributed by atoms with E-state index < -0.39 is 5.60 Å². The molecule has 8 heteroatoms. The van der Waals surface area contributed by atoms with Crippen LogP contribution < -0.4 is 11.1 Å². The number of amides is 1. The predicted molar refractivity (Wildman–Crippen MR) is 88.2 cm³/mol. The van der Waals surface area contributed by atoms with Crippen LogP contribution in [0.4, 0.5) is 22.4 Å². The Hall–Kier alpha value is -2.77. The molecule has 0 bridgehead atoms. The monoisotopic (exact) mass is 318 g/mol. The topological polar surface area (TPSA) is 109 Å². The van der Waals surface area contributed by atoms with Crippen molar-refractivity contribution in [2.75, 3.05) is 18.1 Å². The lowest BCUT2D eigenvalue weighted by Gasteiger charge is -2.24. The summed E-state index contributed by atoms with van der Waals surface area (Å²) >= 11 is 0. The molecule has 2 rings (SSSR count). The summed E-state index contributed by atoms with van der Waals surface area (Å²) in [5, 5.41) is 9.47. The van der Waals surface area contributed by atoms with E-state index in [0.29, 0.717) is 12.5 Å². The van der Waals surface area contributed by atoms with Gasteiger partial charge < -0.3 is 20.7 Å². The number of carbonyl (C=O) groups is 1. The van der Waals surface area contributed by atoms with Gasteiger partial charge in [0.1, 0.15) is 5.60 Å². The summed E-state index contributed by atoms with van der Waals surface area (Å²) in [5.74, 6) is 0.657. The van der Waals surface area contributed by atoms with Crippen LogP contribution in [0, 0.1) is 0 Å². The van der Waals surface area contributed by atoms with Crippen LogP contribution in [0.15, 0.2) is 24.3 Å². The zero-order valence-corrected chi connectivity index (χ0v) is 13.8. The number of nitrogen functional groups attached to an aromatic ring is 1. The number of anilines is 3. The van der Waals surface area contributed by atoms with Crippen molar-refractivity contribution in [3.05, 3.63) is 29.8 Å². The molecular formula is C15H22N6O2. The van der Waals surface area contributed by atoms with E-state index in [0.717, 1.165) is 11.3 Å². The number of ether oxygens (including phenoxy) is 1. The molecule has 0 aliphatic heterocycles. The Kier molecular flexibility index (Phi) is 4.73. The van der Waals surface area contributed by atoms with Crippen LogP contribution in [0.5, 0.6) is 0 Å². The number of rotatable bonds is 4. The van der Waals surface area contributed by atoms with E-state index in [-0.39, 0.29) is 12.0 Å². The van der Waals surface area contributed by atoms with Crippen LogP contribution in [0.25, 0.3) is 0 Å². The maximum absolute atomic E-state index is 11.9. The molecule has 0 atom stereocenters. The molecule has 0 unspecified atom stereocenters. The Morgan fingerprint density at radius 2 is 2.00 bits per heavy atom. The van der Waals surface area contributed by atoms with Crippen LogP contribution in [0.2, 0.25) is 0 Å². The van der Waals surface area contributed by atoms with Crippen molar-refractivity contribution >= 4 is 23.7 Å². The Morgan fingerprint density at radius 3 is 2.52 bits per heavy atom. The van der Waals surface area contributed by atoms with Crippen molar-refractivity contribution in [2.24, 2.45) is 0 Å². The lowest BCUT2D eigenvalue weighted by atomic mass is 10.2. The van der Waals surface area contributed by atoms with Crippen molar-refractivity contribution in [2.45, 2.75) is 32.9 Å². The van der Waals surface area contributed by atoms with Gasteiger partial charge >= 0.3 is 6.09 Å². The third-order valence-corrected chi connectivity index (χ3v) is 2.84. The Labute approximate surface area is 135 Å². The van der Waals surface area contributed by atoms with Gasteiger partial charge in [0, 0.05) is 19.3 Å². The standard InChI is InChI=1S/C15H22N6O2/c1-15(2,3)23-14(22)21(4)9-10-5-7-11(8-6-10)17-13-18-12(16)19-20-13/h5-8H,9H2,1-4H3,(H4,16,17,18,19,20). The highest BCUT2D eigenvalue weighted by Crippen LogP contribution is 2.16. The van der Waals surface area contributed by atoms with Gasteiger partial charge in [0.05, 0.1) is 0 Å². The number of nitrogens with zero attached hydrogens (tertiary/aromatic N) is 3. The van der Waals surface area contributed by atoms with E-state index in [1.807, 2.05) is 45.0 Å². The quantitative estimate of drug-likeness (QED) is 0.799. The van der Waals surface area contributed by atoms with Crippen molar-refractivity contribution in [3.8, 4) is 0 Å². The number of carbonyl (C=O) groups excluding carboxylic acids is 1. The fourth-order valence-corrected chi connectivity index (χ4v) is 1.83. The van der Waals surface area contributed by atoms with Gasteiger partial charge in [0.2, 0.25) is 11.9 Å². The molecule has 1 amide bonds. The first kappa shape index (κ1) is 16.6. The summed E-state index contributed by atoms with van der Waals surface area (Å²) in [5.41, 5.74) is 6.77. The summed E-state index contributed by atoms with van der Waals surface area (Å²) in [7, 11) is 1.71. The second-order valence-corrected chi connectivity index (χ2v) is 6.20. The third-order valence-electron chi connectivity index (χ3n) is 2.84. The number of hydrogen-bond acceptors (Lipinski definition) is 6. The van der Waals surface area contributed by atoms with Gasteiger partial charge in [-0.3, -0.25) is 0 Å². The van der Waals surface area contributed by atoms with Crippen molar-refractivity contribution < 1.29 is 9.53 Å². The van der Waals surface area contributed by atoms with Gasteiger partial charge in [-0.05, 0) is 38.5 Å². The maximum Gasteiger partial charge on any atom is 0.410 e. The van der Waals surface area contributed by atoms with Crippen LogP contribution >= 0.6 is 0 Å². The molecule has 0 aliphatic rings. The lowest BCUT2D eigenvalue weighted by molar-refractivity contribution is 0.0285. The second kappa shape index (κ2) is 6.55. The molecule has 0 fully saturated rings. The summed E-state index contributed by atoms with van der Waals surface area (Å²) in [6, 6.07) is 7.59. The molecule has 124 valence electrons. The van der Waals surface area contributed by atoms with E-state index in [9.17, 15) is 4.79 Å². The number of hydrogen-bond donors (Lipinski definition) is 3. The zero-order valence-electron chi connectivity index (χ0n) is 13.8. The average molecular weight is 318 g/mol. The lowest BCUT2D eigenvalue weighted by Crippen LogP contribution is -2.33. The van der Waals surface area contributed by atoms with E-state index in [1.54, 1.807) is 7.05 Å². The smallest absolute Gasteiger partial charge is 0.410 e. The van der Waals surface area contributed by atoms with Gasteiger partial charge in [0.15, 0.2) is 0 Å². The van der Waals surface area contributed by atoms with Gasteiger partial charge in [-0.15, -0.1) is 5.10 Å². The van der Waals surface area contributed by atoms with E-state index >= 15 is 0 Å². The summed E-state index contributed by atoms with van der Waals surface area (Å²) in [6.45, 7) is 5.99. The van der Waals surface area contributed by atoms with Crippen LogP contribution in [0.1, 0.15) is 26.3 Å². The first-order chi connectivity index (χ1) is 10.7. The molecule has 2 aromatic rings. The first-order valence-electron chi connectivity index (χ1n) is 7.21. The highest BCUT2D eigenvalue weighted by Gasteiger charge is 2.19. The van der Waals surface area contributed by atoms with Gasteiger partial charge in [-0.1, -0.05) is 12.1 Å². The molecule has 0 saturated carbocycles. The molecule has 23 heavy (non-hydrogen) atoms. The maximum atomic E-state index is 11.9. The molecule has 1 heterocycles. The Morgan fingerprint density at radius 1 is 1.35 bits per heavy atom. The van der Waals surface area contributed by atoms with Crippen molar-refractivity contribution in [1.82, 2.24) is 20.1 Å². The number of aromatic amines is 1. The minimum absolute atomic E-state index is 0.253. The fraction of sp³-hybridized carbons (Fsp3) is 0.400. The number of nitrogens with two attached hydrogens (primary N) is 1.